The minimum absolute atomic E-state index is 0.0129. The third-order valence-corrected chi connectivity index (χ3v) is 6.23. The van der Waals surface area contributed by atoms with E-state index >= 15 is 0 Å². The Kier molecular flexibility index (Phi) is 3.84. The molecule has 28 heavy (non-hydrogen) atoms. The number of benzene rings is 1. The molecule has 7 nitrogen and oxygen atoms in total. The quantitative estimate of drug-likeness (QED) is 0.725. The van der Waals surface area contributed by atoms with Crippen molar-refractivity contribution in [3.05, 3.63) is 30.6 Å². The number of hydrogen-bond donors (Lipinski definition) is 2. The van der Waals surface area contributed by atoms with Gasteiger partial charge in [0.15, 0.2) is 0 Å². The van der Waals surface area contributed by atoms with Gasteiger partial charge in [0.2, 0.25) is 0 Å². The van der Waals surface area contributed by atoms with Crippen LogP contribution in [0.4, 0.5) is 5.82 Å². The van der Waals surface area contributed by atoms with E-state index in [0.29, 0.717) is 5.92 Å². The Morgan fingerprint density at radius 1 is 1.21 bits per heavy atom. The fourth-order valence-corrected chi connectivity index (χ4v) is 4.03. The molecule has 3 heterocycles. The predicted molar refractivity (Wildman–Crippen MR) is 109 cm³/mol. The van der Waals surface area contributed by atoms with Crippen LogP contribution in [0.2, 0.25) is 0 Å². The van der Waals surface area contributed by atoms with Crippen molar-refractivity contribution in [2.75, 3.05) is 11.4 Å². The van der Waals surface area contributed by atoms with Gasteiger partial charge in [-0.25, -0.2) is 9.97 Å². The van der Waals surface area contributed by atoms with Gasteiger partial charge in [-0.2, -0.15) is 5.10 Å². The molecule has 0 radical (unpaired) electrons. The van der Waals surface area contributed by atoms with Gasteiger partial charge in [-0.1, -0.05) is 6.92 Å². The lowest BCUT2D eigenvalue weighted by Gasteiger charge is -2.24. The molecule has 2 fully saturated rings. The number of aromatic nitrogens is 4. The van der Waals surface area contributed by atoms with Crippen LogP contribution in [0.15, 0.2) is 30.6 Å². The van der Waals surface area contributed by atoms with Crippen LogP contribution < -0.4 is 15.4 Å². The molecule has 1 aliphatic carbocycles. The molecular weight excluding hydrogens is 352 g/mol. The summed E-state index contributed by atoms with van der Waals surface area (Å²) in [6.45, 7) is 7.39. The molecule has 1 aromatic carbocycles. The van der Waals surface area contributed by atoms with E-state index in [4.69, 9.17) is 10.5 Å². The van der Waals surface area contributed by atoms with Crippen molar-refractivity contribution >= 4 is 16.7 Å². The highest BCUT2D eigenvalue weighted by Gasteiger charge is 2.40. The van der Waals surface area contributed by atoms with Crippen molar-refractivity contribution < 1.29 is 4.74 Å². The van der Waals surface area contributed by atoms with Crippen molar-refractivity contribution in [3.8, 4) is 17.1 Å². The lowest BCUT2D eigenvalue weighted by Crippen LogP contribution is -2.38. The van der Waals surface area contributed by atoms with Crippen LogP contribution in [-0.4, -0.2) is 44.4 Å². The molecule has 146 valence electrons. The second-order valence-corrected chi connectivity index (χ2v) is 8.54. The number of H-pyrrole nitrogens is 1. The van der Waals surface area contributed by atoms with Crippen LogP contribution in [0.5, 0.6) is 5.75 Å². The van der Waals surface area contributed by atoms with Gasteiger partial charge in [-0.15, -0.1) is 0 Å². The largest absolute Gasteiger partial charge is 0.488 e. The molecule has 1 saturated carbocycles. The van der Waals surface area contributed by atoms with Crippen molar-refractivity contribution in [1.29, 1.82) is 0 Å². The standard InChI is InChI=1S/C21H26N6O/c1-12-10-27(13(2)19(12)22)18-9-17(23-11-24-18)20-15-8-14(28-21(3)6-7-21)4-5-16(15)25-26-20/h4-5,8-9,11-13,19H,6-7,10,22H2,1-3H3,(H,25,26)/t12-,13-,19+/m0/s1. The first-order chi connectivity index (χ1) is 13.4. The number of nitrogens with two attached hydrogens (primary N) is 1. The second-order valence-electron chi connectivity index (χ2n) is 8.54. The van der Waals surface area contributed by atoms with Crippen molar-refractivity contribution in [2.45, 2.75) is 51.3 Å². The van der Waals surface area contributed by atoms with Crippen molar-refractivity contribution in [3.63, 3.8) is 0 Å². The molecule has 0 bridgehead atoms. The fourth-order valence-electron chi connectivity index (χ4n) is 4.03. The number of aromatic amines is 1. The summed E-state index contributed by atoms with van der Waals surface area (Å²) in [4.78, 5) is 11.3. The van der Waals surface area contributed by atoms with E-state index in [-0.39, 0.29) is 17.7 Å². The van der Waals surface area contributed by atoms with Gasteiger partial charge in [0.1, 0.15) is 29.2 Å². The number of anilines is 1. The average Bonchev–Trinajstić information content (AvgIpc) is 3.17. The van der Waals surface area contributed by atoms with Gasteiger partial charge in [0.25, 0.3) is 0 Å². The van der Waals surface area contributed by atoms with E-state index in [2.05, 4.69) is 51.9 Å². The predicted octanol–water partition coefficient (Wildman–Crippen LogP) is 3.12. The molecule has 3 atom stereocenters. The van der Waals surface area contributed by atoms with E-state index in [9.17, 15) is 0 Å². The SMILES string of the molecule is C[C@H]1CN(c2cc(-c3n[nH]c4ccc(OC5(C)CC5)cc34)ncn2)[C@@H](C)[C@@H]1N. The van der Waals surface area contributed by atoms with Crippen molar-refractivity contribution in [1.82, 2.24) is 20.2 Å². The first-order valence-electron chi connectivity index (χ1n) is 9.95. The molecule has 2 aromatic heterocycles. The highest BCUT2D eigenvalue weighted by Crippen LogP contribution is 2.40. The van der Waals surface area contributed by atoms with E-state index in [0.717, 1.165) is 53.2 Å². The number of hydrogen-bond acceptors (Lipinski definition) is 6. The summed E-state index contributed by atoms with van der Waals surface area (Å²) in [5.74, 6) is 2.20. The Hall–Kier alpha value is -2.67. The van der Waals surface area contributed by atoms with E-state index in [1.807, 2.05) is 18.2 Å². The minimum Gasteiger partial charge on any atom is -0.488 e. The maximum Gasteiger partial charge on any atom is 0.132 e. The smallest absolute Gasteiger partial charge is 0.132 e. The zero-order valence-corrected chi connectivity index (χ0v) is 16.5. The first-order valence-corrected chi connectivity index (χ1v) is 9.95. The molecule has 0 spiro atoms. The summed E-state index contributed by atoms with van der Waals surface area (Å²) in [5.41, 5.74) is 8.88. The summed E-state index contributed by atoms with van der Waals surface area (Å²) < 4.78 is 6.13. The summed E-state index contributed by atoms with van der Waals surface area (Å²) >= 11 is 0. The number of rotatable bonds is 4. The maximum absolute atomic E-state index is 6.31. The van der Waals surface area contributed by atoms with Crippen LogP contribution in [0.3, 0.4) is 0 Å². The molecule has 0 amide bonds. The Labute approximate surface area is 164 Å². The monoisotopic (exact) mass is 378 g/mol. The lowest BCUT2D eigenvalue weighted by molar-refractivity contribution is 0.200. The Balaban J connectivity index is 1.51. The fraction of sp³-hybridized carbons (Fsp3) is 0.476. The summed E-state index contributed by atoms with van der Waals surface area (Å²) in [6, 6.07) is 8.45. The van der Waals surface area contributed by atoms with E-state index in [1.54, 1.807) is 6.33 Å². The lowest BCUT2D eigenvalue weighted by atomic mass is 10.0. The number of nitrogens with zero attached hydrogens (tertiary/aromatic N) is 4. The van der Waals surface area contributed by atoms with E-state index < -0.39 is 0 Å². The molecule has 1 saturated heterocycles. The maximum atomic E-state index is 6.31. The summed E-state index contributed by atoms with van der Waals surface area (Å²) in [5, 5.41) is 8.63. The summed E-state index contributed by atoms with van der Waals surface area (Å²) in [6.07, 6.45) is 3.82. The molecule has 5 rings (SSSR count). The Bertz CT molecular complexity index is 1030. The Morgan fingerprint density at radius 2 is 2.04 bits per heavy atom. The van der Waals surface area contributed by atoms with Gasteiger partial charge in [-0.05, 0) is 50.8 Å². The van der Waals surface area contributed by atoms with Gasteiger partial charge < -0.3 is 15.4 Å². The molecule has 7 heteroatoms. The van der Waals surface area contributed by atoms with Crippen LogP contribution in [0, 0.1) is 5.92 Å². The van der Waals surface area contributed by atoms with Gasteiger partial charge in [0, 0.05) is 30.1 Å². The minimum atomic E-state index is -0.0129. The van der Waals surface area contributed by atoms with Crippen LogP contribution in [0.1, 0.15) is 33.6 Å². The number of fused-ring (bicyclic) bond motifs is 1. The molecule has 1 aliphatic heterocycles. The third kappa shape index (κ3) is 2.90. The van der Waals surface area contributed by atoms with Crippen molar-refractivity contribution in [2.24, 2.45) is 11.7 Å². The first kappa shape index (κ1) is 17.4. The van der Waals surface area contributed by atoms with E-state index in [1.165, 1.54) is 0 Å². The number of ether oxygens (including phenoxy) is 1. The van der Waals surface area contributed by atoms with Gasteiger partial charge >= 0.3 is 0 Å². The topological polar surface area (TPSA) is 93.0 Å². The van der Waals surface area contributed by atoms with Crippen LogP contribution in [0.25, 0.3) is 22.3 Å². The summed E-state index contributed by atoms with van der Waals surface area (Å²) in [7, 11) is 0. The molecule has 2 aliphatic rings. The second kappa shape index (κ2) is 6.17. The number of nitrogens with one attached hydrogen (secondary N) is 1. The zero-order chi connectivity index (χ0) is 19.5. The Morgan fingerprint density at radius 3 is 2.75 bits per heavy atom. The van der Waals surface area contributed by atoms with Crippen LogP contribution >= 0.6 is 0 Å². The normalized spacial score (nSPS) is 26.0. The molecule has 3 aromatic rings. The molecule has 3 N–H and O–H groups in total. The van der Waals surface area contributed by atoms with Gasteiger partial charge in [0.05, 0.1) is 11.2 Å². The van der Waals surface area contributed by atoms with Gasteiger partial charge in [-0.3, -0.25) is 5.10 Å². The average molecular weight is 378 g/mol. The highest BCUT2D eigenvalue weighted by atomic mass is 16.5. The molecular formula is C21H26N6O. The highest BCUT2D eigenvalue weighted by molar-refractivity contribution is 5.93. The van der Waals surface area contributed by atoms with Crippen LogP contribution in [-0.2, 0) is 0 Å². The molecule has 0 unspecified atom stereocenters. The third-order valence-electron chi connectivity index (χ3n) is 6.23. The zero-order valence-electron chi connectivity index (χ0n) is 16.5.